The van der Waals surface area contributed by atoms with Crippen LogP contribution in [0, 0.1) is 0 Å². The largest absolute Gasteiger partial charge is 0.328 e. The summed E-state index contributed by atoms with van der Waals surface area (Å²) in [7, 11) is 0. The molecule has 5 rings (SSSR count). The molecule has 0 spiro atoms. The highest BCUT2D eigenvalue weighted by atomic mass is 79.9. The van der Waals surface area contributed by atoms with Crippen LogP contribution in [0.1, 0.15) is 18.5 Å². The summed E-state index contributed by atoms with van der Waals surface area (Å²) >= 11 is 3.56. The first kappa shape index (κ1) is 20.2. The zero-order valence-corrected chi connectivity index (χ0v) is 18.9. The van der Waals surface area contributed by atoms with Crippen LogP contribution in [0.5, 0.6) is 0 Å². The van der Waals surface area contributed by atoms with Gasteiger partial charge < -0.3 is 10.6 Å². The maximum absolute atomic E-state index is 13.5. The maximum atomic E-state index is 13.5. The van der Waals surface area contributed by atoms with E-state index < -0.39 is 6.04 Å². The van der Waals surface area contributed by atoms with Crippen LogP contribution in [0.2, 0.25) is 0 Å². The van der Waals surface area contributed by atoms with Gasteiger partial charge in [0.15, 0.2) is 5.82 Å². The first-order valence-electron chi connectivity index (χ1n) is 10.2. The van der Waals surface area contributed by atoms with Gasteiger partial charge in [0.2, 0.25) is 5.95 Å². The molecule has 0 unspecified atom stereocenters. The molecule has 0 bridgehead atoms. The van der Waals surface area contributed by atoms with Gasteiger partial charge in [-0.3, -0.25) is 4.79 Å². The highest BCUT2D eigenvalue weighted by Gasteiger charge is 2.34. The quantitative estimate of drug-likeness (QED) is 0.392. The molecule has 2 N–H and O–H groups in total. The number of hydrogen-bond donors (Lipinski definition) is 2. The minimum absolute atomic E-state index is 0.186. The number of para-hydroxylation sites is 1. The molecule has 0 saturated heterocycles. The lowest BCUT2D eigenvalue weighted by Crippen LogP contribution is -2.31. The van der Waals surface area contributed by atoms with Gasteiger partial charge in [0.25, 0.3) is 5.91 Å². The van der Waals surface area contributed by atoms with Crippen molar-refractivity contribution < 1.29 is 4.79 Å². The van der Waals surface area contributed by atoms with Gasteiger partial charge in [-0.1, -0.05) is 76.6 Å². The molecule has 7 heteroatoms. The summed E-state index contributed by atoms with van der Waals surface area (Å²) in [6.07, 6.45) is 0. The van der Waals surface area contributed by atoms with Gasteiger partial charge >= 0.3 is 0 Å². The second-order valence-corrected chi connectivity index (χ2v) is 8.43. The van der Waals surface area contributed by atoms with Crippen LogP contribution in [0.15, 0.2) is 101 Å². The van der Waals surface area contributed by atoms with Crippen LogP contribution in [0.25, 0.3) is 11.4 Å². The van der Waals surface area contributed by atoms with Crippen molar-refractivity contribution in [2.45, 2.75) is 13.0 Å². The standard InChI is InChI=1S/C25H20BrN5O/c1-16-21(24(32)28-20-13-6-3-7-14-20)22(18-11-8-12-19(26)15-18)31-25(27-16)29-23(30-31)17-9-4-2-5-10-17/h2-15,22H,1H3,(H,28,32)(H,27,29,30)/t22-/m0/s1. The van der Waals surface area contributed by atoms with Crippen molar-refractivity contribution in [2.75, 3.05) is 10.6 Å². The summed E-state index contributed by atoms with van der Waals surface area (Å²) in [5.74, 6) is 1.02. The highest BCUT2D eigenvalue weighted by Crippen LogP contribution is 2.37. The van der Waals surface area contributed by atoms with Crippen molar-refractivity contribution >= 4 is 33.5 Å². The molecule has 3 aromatic carbocycles. The number of fused-ring (bicyclic) bond motifs is 1. The molecule has 2 heterocycles. The van der Waals surface area contributed by atoms with E-state index in [-0.39, 0.29) is 5.91 Å². The fourth-order valence-electron chi connectivity index (χ4n) is 3.86. The number of amides is 1. The fraction of sp³-hybridized carbons (Fsp3) is 0.0800. The van der Waals surface area contributed by atoms with Gasteiger partial charge in [0.1, 0.15) is 6.04 Å². The van der Waals surface area contributed by atoms with Crippen molar-refractivity contribution in [1.82, 2.24) is 14.8 Å². The zero-order chi connectivity index (χ0) is 22.1. The Hall–Kier alpha value is -3.71. The molecular formula is C25H20BrN5O. The van der Waals surface area contributed by atoms with Gasteiger partial charge in [0.05, 0.1) is 5.57 Å². The van der Waals surface area contributed by atoms with Crippen molar-refractivity contribution in [3.05, 3.63) is 106 Å². The van der Waals surface area contributed by atoms with Crippen LogP contribution in [-0.2, 0) is 4.79 Å². The molecular weight excluding hydrogens is 466 g/mol. The van der Waals surface area contributed by atoms with Crippen LogP contribution in [0.4, 0.5) is 11.6 Å². The summed E-state index contributed by atoms with van der Waals surface area (Å²) < 4.78 is 2.72. The summed E-state index contributed by atoms with van der Waals surface area (Å²) in [4.78, 5) is 18.2. The molecule has 158 valence electrons. The number of allylic oxidation sites excluding steroid dienone is 1. The van der Waals surface area contributed by atoms with E-state index in [1.165, 1.54) is 0 Å². The van der Waals surface area contributed by atoms with Crippen molar-refractivity contribution in [1.29, 1.82) is 0 Å². The topological polar surface area (TPSA) is 71.8 Å². The predicted molar refractivity (Wildman–Crippen MR) is 129 cm³/mol. The third-order valence-electron chi connectivity index (χ3n) is 5.33. The molecule has 0 fully saturated rings. The molecule has 4 aromatic rings. The van der Waals surface area contributed by atoms with Gasteiger partial charge in [-0.15, -0.1) is 5.10 Å². The normalized spacial score (nSPS) is 15.1. The van der Waals surface area contributed by atoms with E-state index in [2.05, 4.69) is 26.6 Å². The lowest BCUT2D eigenvalue weighted by molar-refractivity contribution is -0.113. The number of benzene rings is 3. The Morgan fingerprint density at radius 3 is 2.44 bits per heavy atom. The molecule has 1 aliphatic heterocycles. The van der Waals surface area contributed by atoms with E-state index in [9.17, 15) is 4.79 Å². The Kier molecular flexibility index (Phi) is 5.33. The van der Waals surface area contributed by atoms with Crippen molar-refractivity contribution in [3.8, 4) is 11.4 Å². The minimum Gasteiger partial charge on any atom is -0.328 e. The minimum atomic E-state index is -0.433. The highest BCUT2D eigenvalue weighted by molar-refractivity contribution is 9.10. The Morgan fingerprint density at radius 1 is 1.00 bits per heavy atom. The molecule has 1 amide bonds. The lowest BCUT2D eigenvalue weighted by atomic mass is 9.95. The van der Waals surface area contributed by atoms with E-state index in [4.69, 9.17) is 10.1 Å². The van der Waals surface area contributed by atoms with Gasteiger partial charge in [-0.05, 0) is 36.8 Å². The second kappa shape index (κ2) is 8.43. The number of nitrogens with one attached hydrogen (secondary N) is 2. The summed E-state index contributed by atoms with van der Waals surface area (Å²) in [6, 6.07) is 26.7. The van der Waals surface area contributed by atoms with Gasteiger partial charge in [-0.25, -0.2) is 4.68 Å². The van der Waals surface area contributed by atoms with Crippen LogP contribution in [-0.4, -0.2) is 20.7 Å². The number of carbonyl (C=O) groups excluding carboxylic acids is 1. The smallest absolute Gasteiger partial charge is 0.255 e. The monoisotopic (exact) mass is 485 g/mol. The summed E-state index contributed by atoms with van der Waals surface area (Å²) in [5.41, 5.74) is 3.91. The van der Waals surface area contributed by atoms with Crippen LogP contribution in [0.3, 0.4) is 0 Å². The molecule has 1 aromatic heterocycles. The number of nitrogens with zero attached hydrogens (tertiary/aromatic N) is 3. The number of carbonyl (C=O) groups is 1. The Labute approximate surface area is 194 Å². The second-order valence-electron chi connectivity index (χ2n) is 7.51. The Morgan fingerprint density at radius 2 is 1.72 bits per heavy atom. The number of hydrogen-bond acceptors (Lipinski definition) is 4. The van der Waals surface area contributed by atoms with Crippen LogP contribution < -0.4 is 10.6 Å². The van der Waals surface area contributed by atoms with E-state index in [1.54, 1.807) is 4.68 Å². The number of rotatable bonds is 4. The molecule has 0 aliphatic carbocycles. The summed E-state index contributed by atoms with van der Waals surface area (Å²) in [5, 5.41) is 11.1. The molecule has 1 atom stereocenters. The molecule has 0 radical (unpaired) electrons. The number of anilines is 2. The van der Waals surface area contributed by atoms with Crippen LogP contribution >= 0.6 is 15.9 Å². The molecule has 32 heavy (non-hydrogen) atoms. The van der Waals surface area contributed by atoms with E-state index in [0.29, 0.717) is 17.3 Å². The lowest BCUT2D eigenvalue weighted by Gasteiger charge is -2.28. The zero-order valence-electron chi connectivity index (χ0n) is 17.3. The van der Waals surface area contributed by atoms with Crippen molar-refractivity contribution in [2.24, 2.45) is 0 Å². The van der Waals surface area contributed by atoms with Crippen molar-refractivity contribution in [3.63, 3.8) is 0 Å². The van der Waals surface area contributed by atoms with E-state index in [1.807, 2.05) is 91.9 Å². The third-order valence-corrected chi connectivity index (χ3v) is 5.82. The fourth-order valence-corrected chi connectivity index (χ4v) is 4.28. The Bertz CT molecular complexity index is 1310. The average Bonchev–Trinajstić information content (AvgIpc) is 3.23. The first-order chi connectivity index (χ1) is 15.6. The molecule has 1 aliphatic rings. The first-order valence-corrected chi connectivity index (χ1v) is 11.0. The SMILES string of the molecule is CC1=C(C(=O)Nc2ccccc2)[C@H](c2cccc(Br)c2)n2nc(-c3ccccc3)nc2N1. The average molecular weight is 486 g/mol. The summed E-state index contributed by atoms with van der Waals surface area (Å²) in [6.45, 7) is 1.89. The number of aromatic nitrogens is 3. The van der Waals surface area contributed by atoms with Gasteiger partial charge in [-0.2, -0.15) is 4.98 Å². The van der Waals surface area contributed by atoms with E-state index >= 15 is 0 Å². The molecule has 6 nitrogen and oxygen atoms in total. The molecule has 0 saturated carbocycles. The maximum Gasteiger partial charge on any atom is 0.255 e. The Balaban J connectivity index is 1.62. The van der Waals surface area contributed by atoms with Gasteiger partial charge in [0, 0.05) is 21.4 Å². The predicted octanol–water partition coefficient (Wildman–Crippen LogP) is 5.64. The number of halogens is 1. The third kappa shape index (κ3) is 3.83. The van der Waals surface area contributed by atoms with E-state index in [0.717, 1.165) is 27.0 Å².